The van der Waals surface area contributed by atoms with Crippen molar-refractivity contribution >= 4 is 0 Å². The Balaban J connectivity index is 1.92. The van der Waals surface area contributed by atoms with Crippen LogP contribution in [0.4, 0.5) is 0 Å². The molecule has 1 atom stereocenters. The van der Waals surface area contributed by atoms with Crippen molar-refractivity contribution in [2.75, 3.05) is 6.61 Å². The second kappa shape index (κ2) is 5.14. The Morgan fingerprint density at radius 1 is 1.10 bits per heavy atom. The summed E-state index contributed by atoms with van der Waals surface area (Å²) >= 11 is 0. The summed E-state index contributed by atoms with van der Waals surface area (Å²) in [6, 6.07) is 8.48. The molecule has 1 aromatic rings. The maximum atomic E-state index is 6.72. The van der Waals surface area contributed by atoms with Crippen LogP contribution < -0.4 is 5.73 Å². The van der Waals surface area contributed by atoms with E-state index < -0.39 is 5.79 Å². The molecule has 1 aliphatic carbocycles. The second-order valence-corrected chi connectivity index (χ2v) is 6.62. The lowest BCUT2D eigenvalue weighted by atomic mass is 9.75. The molecular formula is C17H25NO2. The third-order valence-electron chi connectivity index (χ3n) is 4.60. The van der Waals surface area contributed by atoms with E-state index in [0.717, 1.165) is 12.8 Å². The number of hydrogen-bond donors (Lipinski definition) is 1. The molecule has 2 aliphatic rings. The van der Waals surface area contributed by atoms with Crippen molar-refractivity contribution in [2.24, 2.45) is 5.73 Å². The lowest BCUT2D eigenvalue weighted by Gasteiger charge is -2.36. The van der Waals surface area contributed by atoms with E-state index in [2.05, 4.69) is 24.3 Å². The van der Waals surface area contributed by atoms with Gasteiger partial charge in [-0.05, 0) is 37.8 Å². The minimum atomic E-state index is -0.494. The zero-order chi connectivity index (χ0) is 14.2. The molecule has 3 heteroatoms. The van der Waals surface area contributed by atoms with Crippen LogP contribution in [0.1, 0.15) is 63.2 Å². The zero-order valence-corrected chi connectivity index (χ0v) is 12.5. The Kier molecular flexibility index (Phi) is 3.61. The minimum Gasteiger partial charge on any atom is -0.347 e. The first kappa shape index (κ1) is 14.1. The quantitative estimate of drug-likeness (QED) is 0.896. The third kappa shape index (κ3) is 2.62. The molecule has 2 N–H and O–H groups in total. The van der Waals surface area contributed by atoms with Gasteiger partial charge in [-0.3, -0.25) is 0 Å². The molecule has 1 saturated carbocycles. The van der Waals surface area contributed by atoms with E-state index in [9.17, 15) is 0 Å². The molecule has 2 fully saturated rings. The first-order valence-electron chi connectivity index (χ1n) is 7.70. The lowest BCUT2D eigenvalue weighted by molar-refractivity contribution is -0.139. The fraction of sp³-hybridized carbons (Fsp3) is 0.647. The van der Waals surface area contributed by atoms with Crippen LogP contribution in [0, 0.1) is 0 Å². The van der Waals surface area contributed by atoms with E-state index in [-0.39, 0.29) is 11.6 Å². The molecule has 0 spiro atoms. The summed E-state index contributed by atoms with van der Waals surface area (Å²) in [5, 5.41) is 0. The van der Waals surface area contributed by atoms with E-state index in [0.29, 0.717) is 6.61 Å². The monoisotopic (exact) mass is 275 g/mol. The van der Waals surface area contributed by atoms with E-state index >= 15 is 0 Å². The van der Waals surface area contributed by atoms with Crippen LogP contribution in [0.3, 0.4) is 0 Å². The predicted molar refractivity (Wildman–Crippen MR) is 79.2 cm³/mol. The van der Waals surface area contributed by atoms with E-state index in [1.54, 1.807) is 0 Å². The summed E-state index contributed by atoms with van der Waals surface area (Å²) in [5.74, 6) is -0.494. The SMILES string of the molecule is CC1(C)OCC(c2ccccc2C2(N)CCCCC2)O1. The van der Waals surface area contributed by atoms with Crippen molar-refractivity contribution in [2.45, 2.75) is 63.4 Å². The first-order chi connectivity index (χ1) is 9.50. The number of hydrogen-bond acceptors (Lipinski definition) is 3. The highest BCUT2D eigenvalue weighted by Gasteiger charge is 2.38. The van der Waals surface area contributed by atoms with Gasteiger partial charge >= 0.3 is 0 Å². The normalized spacial score (nSPS) is 28.4. The van der Waals surface area contributed by atoms with E-state index in [4.69, 9.17) is 15.2 Å². The van der Waals surface area contributed by atoms with Crippen molar-refractivity contribution in [3.05, 3.63) is 35.4 Å². The van der Waals surface area contributed by atoms with Crippen LogP contribution in [0.2, 0.25) is 0 Å². The standard InChI is InChI=1S/C17H25NO2/c1-16(2)19-12-15(20-16)13-8-4-5-9-14(13)17(18)10-6-3-7-11-17/h4-5,8-9,15H,3,6-7,10-12,18H2,1-2H3. The van der Waals surface area contributed by atoms with Gasteiger partial charge < -0.3 is 15.2 Å². The summed E-state index contributed by atoms with van der Waals surface area (Å²) < 4.78 is 11.8. The molecule has 0 bridgehead atoms. The Bertz CT molecular complexity index is 478. The lowest BCUT2D eigenvalue weighted by Crippen LogP contribution is -2.39. The Hall–Kier alpha value is -0.900. The number of rotatable bonds is 2. The molecule has 1 aromatic carbocycles. The molecule has 0 amide bonds. The van der Waals surface area contributed by atoms with Gasteiger partial charge in [-0.25, -0.2) is 0 Å². The van der Waals surface area contributed by atoms with Crippen LogP contribution in [-0.4, -0.2) is 12.4 Å². The van der Waals surface area contributed by atoms with Gasteiger partial charge in [0.15, 0.2) is 5.79 Å². The maximum absolute atomic E-state index is 6.72. The maximum Gasteiger partial charge on any atom is 0.163 e. The van der Waals surface area contributed by atoms with Crippen molar-refractivity contribution in [3.63, 3.8) is 0 Å². The van der Waals surface area contributed by atoms with Crippen molar-refractivity contribution < 1.29 is 9.47 Å². The van der Waals surface area contributed by atoms with Gasteiger partial charge in [0.05, 0.1) is 6.61 Å². The van der Waals surface area contributed by atoms with Gasteiger partial charge in [0.2, 0.25) is 0 Å². The van der Waals surface area contributed by atoms with Crippen molar-refractivity contribution in [1.29, 1.82) is 0 Å². The molecule has 3 rings (SSSR count). The number of ether oxygens (including phenoxy) is 2. The molecule has 1 aliphatic heterocycles. The van der Waals surface area contributed by atoms with Gasteiger partial charge in [0.1, 0.15) is 6.10 Å². The molecule has 1 heterocycles. The average Bonchev–Trinajstić information content (AvgIpc) is 2.80. The second-order valence-electron chi connectivity index (χ2n) is 6.62. The van der Waals surface area contributed by atoms with Crippen molar-refractivity contribution in [3.8, 4) is 0 Å². The van der Waals surface area contributed by atoms with Crippen molar-refractivity contribution in [1.82, 2.24) is 0 Å². The highest BCUT2D eigenvalue weighted by atomic mass is 16.7. The molecule has 0 radical (unpaired) electrons. The van der Waals surface area contributed by atoms with E-state index in [1.807, 2.05) is 13.8 Å². The summed E-state index contributed by atoms with van der Waals surface area (Å²) in [6.45, 7) is 4.54. The summed E-state index contributed by atoms with van der Waals surface area (Å²) in [5.41, 5.74) is 9.00. The molecule has 0 aromatic heterocycles. The van der Waals surface area contributed by atoms with Crippen LogP contribution in [-0.2, 0) is 15.0 Å². The molecule has 3 nitrogen and oxygen atoms in total. The van der Waals surface area contributed by atoms with Gasteiger partial charge in [-0.1, -0.05) is 43.5 Å². The first-order valence-corrected chi connectivity index (χ1v) is 7.70. The Morgan fingerprint density at radius 3 is 2.45 bits per heavy atom. The topological polar surface area (TPSA) is 44.5 Å². The summed E-state index contributed by atoms with van der Waals surface area (Å²) in [6.07, 6.45) is 5.89. The minimum absolute atomic E-state index is 0.00329. The Morgan fingerprint density at radius 2 is 1.80 bits per heavy atom. The fourth-order valence-electron chi connectivity index (χ4n) is 3.52. The van der Waals surface area contributed by atoms with Crippen LogP contribution in [0.25, 0.3) is 0 Å². The highest BCUT2D eigenvalue weighted by Crippen LogP contribution is 2.41. The molecule has 110 valence electrons. The Labute approximate surface area is 121 Å². The number of benzene rings is 1. The molecule has 1 unspecified atom stereocenters. The van der Waals surface area contributed by atoms with Crippen LogP contribution >= 0.6 is 0 Å². The average molecular weight is 275 g/mol. The van der Waals surface area contributed by atoms with Crippen LogP contribution in [0.5, 0.6) is 0 Å². The number of nitrogens with two attached hydrogens (primary N) is 1. The van der Waals surface area contributed by atoms with Gasteiger partial charge in [0, 0.05) is 5.54 Å². The van der Waals surface area contributed by atoms with Gasteiger partial charge in [-0.2, -0.15) is 0 Å². The largest absolute Gasteiger partial charge is 0.347 e. The highest BCUT2D eigenvalue weighted by molar-refractivity contribution is 5.36. The predicted octanol–water partition coefficient (Wildman–Crippen LogP) is 3.63. The summed E-state index contributed by atoms with van der Waals surface area (Å²) in [4.78, 5) is 0. The smallest absolute Gasteiger partial charge is 0.163 e. The van der Waals surface area contributed by atoms with Gasteiger partial charge in [0.25, 0.3) is 0 Å². The van der Waals surface area contributed by atoms with Crippen LogP contribution in [0.15, 0.2) is 24.3 Å². The molecule has 1 saturated heterocycles. The fourth-order valence-corrected chi connectivity index (χ4v) is 3.52. The van der Waals surface area contributed by atoms with Gasteiger partial charge in [-0.15, -0.1) is 0 Å². The van der Waals surface area contributed by atoms with E-state index in [1.165, 1.54) is 30.4 Å². The molecular weight excluding hydrogens is 250 g/mol. The summed E-state index contributed by atoms with van der Waals surface area (Å²) in [7, 11) is 0. The third-order valence-corrected chi connectivity index (χ3v) is 4.60. The zero-order valence-electron chi connectivity index (χ0n) is 12.5. The molecule has 20 heavy (non-hydrogen) atoms.